The van der Waals surface area contributed by atoms with E-state index in [1.807, 2.05) is 30.3 Å². The Labute approximate surface area is 286 Å². The molecule has 1 heterocycles. The highest BCUT2D eigenvalue weighted by molar-refractivity contribution is 6.25. The first-order chi connectivity index (χ1) is 29.8. The lowest BCUT2D eigenvalue weighted by atomic mass is 9.84. The summed E-state index contributed by atoms with van der Waals surface area (Å²) in [7, 11) is 0. The summed E-state index contributed by atoms with van der Waals surface area (Å²) in [6, 6.07) is 4.90. The van der Waals surface area contributed by atoms with Gasteiger partial charge in [-0.1, -0.05) is 151 Å². The van der Waals surface area contributed by atoms with Crippen LogP contribution in [0, 0.1) is 0 Å². The van der Waals surface area contributed by atoms with Gasteiger partial charge in [0, 0.05) is 22.1 Å². The molecule has 8 aromatic carbocycles. The maximum atomic E-state index is 9.49. The zero-order valence-electron chi connectivity index (χ0n) is 41.2. The highest BCUT2D eigenvalue weighted by Gasteiger charge is 2.24. The minimum atomic E-state index is -0.785. The number of benzene rings is 8. The molecule has 1 nitrogen and oxygen atoms in total. The van der Waals surface area contributed by atoms with Gasteiger partial charge in [0.05, 0.1) is 24.7 Å². The fourth-order valence-corrected chi connectivity index (χ4v) is 5.93. The van der Waals surface area contributed by atoms with Crippen LogP contribution in [-0.2, 0) is 0 Å². The molecule has 0 spiro atoms. The maximum absolute atomic E-state index is 9.49. The fourth-order valence-electron chi connectivity index (χ4n) is 5.93. The van der Waals surface area contributed by atoms with Crippen molar-refractivity contribution in [3.8, 4) is 44.7 Å². The van der Waals surface area contributed by atoms with E-state index in [1.165, 1.54) is 18.2 Å². The van der Waals surface area contributed by atoms with Crippen molar-refractivity contribution in [1.82, 2.24) is 0 Å². The molecule has 9 rings (SSSR count). The average Bonchev–Trinajstić information content (AvgIpc) is 3.66. The molecule has 0 amide bonds. The Morgan fingerprint density at radius 1 is 0.378 bits per heavy atom. The SMILES string of the molecule is [2H]c1c([2H])c([2H])c(-c2ccc3c(-c4c5c([2H])c([2H])c([2H])c([2H])c5c(-c5c([2H])c([2H])c([2H])c([2H])c5[2H])c5c([2H])c([2H])c([2H])c([2H])c45)c(-c4ccc5ccccc5c4)oc3c2)c([2H])c1[2H]. The average molecular weight is 591 g/mol. The second-order valence-corrected chi connectivity index (χ2v) is 10.3. The minimum absolute atomic E-state index is 0.0620. The molecule has 0 fully saturated rings. The van der Waals surface area contributed by atoms with Gasteiger partial charge in [-0.05, 0) is 72.8 Å². The van der Waals surface area contributed by atoms with E-state index in [1.54, 1.807) is 12.1 Å². The molecule has 1 aromatic heterocycles. The van der Waals surface area contributed by atoms with E-state index < -0.39 is 120 Å². The molecule has 0 aliphatic carbocycles. The molecular formula is C44H28O. The van der Waals surface area contributed by atoms with E-state index in [4.69, 9.17) is 23.6 Å². The second kappa shape index (κ2) is 10.4. The van der Waals surface area contributed by atoms with Gasteiger partial charge in [0.2, 0.25) is 0 Å². The van der Waals surface area contributed by atoms with Gasteiger partial charge in [-0.15, -0.1) is 0 Å². The molecule has 0 atom stereocenters. The largest absolute Gasteiger partial charge is 0.455 e. The Bertz CT molecular complexity index is 3420. The smallest absolute Gasteiger partial charge is 0.143 e. The van der Waals surface area contributed by atoms with Crippen LogP contribution >= 0.6 is 0 Å². The van der Waals surface area contributed by atoms with Crippen molar-refractivity contribution in [2.45, 2.75) is 0 Å². The summed E-state index contributed by atoms with van der Waals surface area (Å²) in [5, 5.41) is 0.454. The van der Waals surface area contributed by atoms with Crippen LogP contribution in [-0.4, -0.2) is 0 Å². The van der Waals surface area contributed by atoms with E-state index in [2.05, 4.69) is 0 Å². The van der Waals surface area contributed by atoms with Crippen molar-refractivity contribution in [2.75, 3.05) is 0 Å². The minimum Gasteiger partial charge on any atom is -0.455 e. The van der Waals surface area contributed by atoms with Crippen molar-refractivity contribution >= 4 is 43.3 Å². The van der Waals surface area contributed by atoms with Gasteiger partial charge in [-0.2, -0.15) is 0 Å². The van der Waals surface area contributed by atoms with Crippen LogP contribution in [0.4, 0.5) is 0 Å². The zero-order valence-corrected chi connectivity index (χ0v) is 23.2. The molecule has 210 valence electrons. The normalized spacial score (nSPS) is 17.2. The summed E-state index contributed by atoms with van der Waals surface area (Å²) in [6.45, 7) is 0. The van der Waals surface area contributed by atoms with E-state index in [0.717, 1.165) is 10.8 Å². The molecule has 0 saturated heterocycles. The lowest BCUT2D eigenvalue weighted by Crippen LogP contribution is -1.91. The molecule has 45 heavy (non-hydrogen) atoms. The third-order valence-electron chi connectivity index (χ3n) is 7.87. The summed E-state index contributed by atoms with van der Waals surface area (Å²) < 4.78 is 165. The summed E-state index contributed by atoms with van der Waals surface area (Å²) >= 11 is 0. The van der Waals surface area contributed by atoms with Crippen molar-refractivity contribution < 1.29 is 29.1 Å². The molecule has 9 aromatic rings. The first-order valence-corrected chi connectivity index (χ1v) is 14.0. The Morgan fingerprint density at radius 2 is 0.933 bits per heavy atom. The van der Waals surface area contributed by atoms with Crippen molar-refractivity contribution in [3.05, 3.63) is 169 Å². The summed E-state index contributed by atoms with van der Waals surface area (Å²) in [5.41, 5.74) is -0.513. The van der Waals surface area contributed by atoms with E-state index >= 15 is 0 Å². The molecule has 0 unspecified atom stereocenters. The number of furan rings is 1. The number of fused-ring (bicyclic) bond motifs is 4. The monoisotopic (exact) mass is 590 g/mol. The van der Waals surface area contributed by atoms with Crippen LogP contribution in [0.5, 0.6) is 0 Å². The van der Waals surface area contributed by atoms with Gasteiger partial charge >= 0.3 is 0 Å². The molecule has 0 radical (unpaired) electrons. The summed E-state index contributed by atoms with van der Waals surface area (Å²) in [5.74, 6) is 0.0620. The lowest BCUT2D eigenvalue weighted by molar-refractivity contribution is 0.633. The van der Waals surface area contributed by atoms with Gasteiger partial charge in [0.25, 0.3) is 0 Å². The molecule has 0 saturated carbocycles. The van der Waals surface area contributed by atoms with E-state index in [-0.39, 0.29) is 60.5 Å². The van der Waals surface area contributed by atoms with Crippen LogP contribution in [0.2, 0.25) is 0 Å². The predicted octanol–water partition coefficient (Wildman–Crippen LogP) is 12.6. The third kappa shape index (κ3) is 4.17. The quantitative estimate of drug-likeness (QED) is 0.186. The lowest BCUT2D eigenvalue weighted by Gasteiger charge is -2.18. The third-order valence-corrected chi connectivity index (χ3v) is 7.87. The standard InChI is InChI=1S/C44H28O/c1-3-13-29(14-4-1)33-25-26-39-40(28-33)45-44(34-24-23-30-15-7-8-18-32(30)27-34)43(39)42-37-21-11-9-19-35(37)41(31-16-5-2-6-17-31)36-20-10-12-22-38(36)42/h1-28H/i1D,2D,3D,4D,5D,6D,9D,10D,11D,12D,13D,14D,16D,17D,19D,20D,21D,22D. The Morgan fingerprint density at radius 3 is 1.60 bits per heavy atom. The number of hydrogen-bond donors (Lipinski definition) is 0. The topological polar surface area (TPSA) is 13.1 Å². The van der Waals surface area contributed by atoms with Gasteiger partial charge in [-0.3, -0.25) is 0 Å². The summed E-state index contributed by atoms with van der Waals surface area (Å²) in [6.07, 6.45) is 0. The maximum Gasteiger partial charge on any atom is 0.143 e. The van der Waals surface area contributed by atoms with E-state index in [9.17, 15) is 5.48 Å². The molecule has 0 N–H and O–H groups in total. The molecule has 0 bridgehead atoms. The molecular weight excluding hydrogens is 544 g/mol. The highest BCUT2D eigenvalue weighted by atomic mass is 16.3. The van der Waals surface area contributed by atoms with Crippen molar-refractivity contribution in [2.24, 2.45) is 0 Å². The first kappa shape index (κ1) is 13.4. The Hall–Kier alpha value is -5.92. The zero-order chi connectivity index (χ0) is 45.4. The van der Waals surface area contributed by atoms with Crippen molar-refractivity contribution in [3.63, 3.8) is 0 Å². The summed E-state index contributed by atoms with van der Waals surface area (Å²) in [4.78, 5) is 0. The Kier molecular flexibility index (Phi) is 3.08. The fraction of sp³-hybridized carbons (Fsp3) is 0. The van der Waals surface area contributed by atoms with Crippen LogP contribution in [0.1, 0.15) is 24.7 Å². The first-order valence-electron chi connectivity index (χ1n) is 23.0. The van der Waals surface area contributed by atoms with Gasteiger partial charge < -0.3 is 4.42 Å². The molecule has 0 aliphatic rings. The Balaban J connectivity index is 1.57. The second-order valence-electron chi connectivity index (χ2n) is 10.3. The predicted molar refractivity (Wildman–Crippen MR) is 190 cm³/mol. The van der Waals surface area contributed by atoms with Gasteiger partial charge in [0.15, 0.2) is 0 Å². The molecule has 1 heteroatoms. The van der Waals surface area contributed by atoms with Crippen molar-refractivity contribution in [1.29, 1.82) is 0 Å². The van der Waals surface area contributed by atoms with Crippen LogP contribution < -0.4 is 0 Å². The van der Waals surface area contributed by atoms with E-state index in [0.29, 0.717) is 5.56 Å². The number of hydrogen-bond acceptors (Lipinski definition) is 1. The van der Waals surface area contributed by atoms with Gasteiger partial charge in [0.1, 0.15) is 11.3 Å². The van der Waals surface area contributed by atoms with Crippen LogP contribution in [0.15, 0.2) is 174 Å². The highest BCUT2D eigenvalue weighted by Crippen LogP contribution is 2.50. The van der Waals surface area contributed by atoms with Gasteiger partial charge in [-0.25, -0.2) is 0 Å². The van der Waals surface area contributed by atoms with Crippen LogP contribution in [0.25, 0.3) is 88.0 Å². The van der Waals surface area contributed by atoms with Crippen LogP contribution in [0.3, 0.4) is 0 Å². The molecule has 0 aliphatic heterocycles. The number of rotatable bonds is 4.